The number of thiophene rings is 1. The molecular formula is C15H13N3O2S. The summed E-state index contributed by atoms with van der Waals surface area (Å²) in [6.45, 7) is 2.06. The van der Waals surface area contributed by atoms with E-state index >= 15 is 0 Å². The number of rotatable bonds is 3. The number of anilines is 1. The van der Waals surface area contributed by atoms with Crippen molar-refractivity contribution in [2.75, 3.05) is 12.3 Å². The second kappa shape index (κ2) is 5.49. The maximum Gasteiger partial charge on any atom is 0.350 e. The van der Waals surface area contributed by atoms with Gasteiger partial charge in [-0.05, 0) is 6.92 Å². The number of nitrogens with two attached hydrogens (primary N) is 1. The summed E-state index contributed by atoms with van der Waals surface area (Å²) in [5.74, 6) is -0.430. The molecule has 0 saturated carbocycles. The number of esters is 1. The quantitative estimate of drug-likeness (QED) is 0.752. The van der Waals surface area contributed by atoms with E-state index in [4.69, 9.17) is 10.5 Å². The Hall–Kier alpha value is -2.47. The van der Waals surface area contributed by atoms with E-state index < -0.39 is 5.97 Å². The maximum atomic E-state index is 11.8. The zero-order valence-corrected chi connectivity index (χ0v) is 12.2. The topological polar surface area (TPSA) is 78.1 Å². The molecule has 5 nitrogen and oxygen atoms in total. The molecule has 0 bridgehead atoms. The standard InChI is InChI=1S/C15H13N3O2S/c1-2-20-15(19)13-11(16)12-14(21-13)17-8-10(18-12)9-6-4-3-5-7-9/h3-8H,2,16H2,1H3. The Balaban J connectivity index is 2.10. The third-order valence-electron chi connectivity index (χ3n) is 2.97. The van der Waals surface area contributed by atoms with Gasteiger partial charge in [0, 0.05) is 5.56 Å². The first-order valence-electron chi connectivity index (χ1n) is 6.48. The molecular weight excluding hydrogens is 286 g/mol. The highest BCUT2D eigenvalue weighted by Gasteiger charge is 2.19. The van der Waals surface area contributed by atoms with E-state index in [-0.39, 0.29) is 0 Å². The number of nitrogen functional groups attached to an aromatic ring is 1. The number of carbonyl (C=O) groups is 1. The predicted molar refractivity (Wildman–Crippen MR) is 83.2 cm³/mol. The van der Waals surface area contributed by atoms with E-state index in [0.717, 1.165) is 11.3 Å². The first-order valence-corrected chi connectivity index (χ1v) is 7.30. The lowest BCUT2D eigenvalue weighted by atomic mass is 10.2. The fourth-order valence-electron chi connectivity index (χ4n) is 1.98. The van der Waals surface area contributed by atoms with Gasteiger partial charge < -0.3 is 10.5 Å². The molecule has 0 radical (unpaired) electrons. The molecule has 0 fully saturated rings. The zero-order valence-electron chi connectivity index (χ0n) is 11.4. The Bertz CT molecular complexity index is 799. The van der Waals surface area contributed by atoms with Gasteiger partial charge in [0.15, 0.2) is 0 Å². The number of hydrogen-bond acceptors (Lipinski definition) is 6. The maximum absolute atomic E-state index is 11.8. The fourth-order valence-corrected chi connectivity index (χ4v) is 2.88. The second-order valence-corrected chi connectivity index (χ2v) is 5.34. The number of hydrogen-bond donors (Lipinski definition) is 1. The second-order valence-electron chi connectivity index (χ2n) is 4.34. The smallest absolute Gasteiger partial charge is 0.350 e. The average molecular weight is 299 g/mol. The summed E-state index contributed by atoms with van der Waals surface area (Å²) in [6, 6.07) is 9.70. The zero-order chi connectivity index (χ0) is 14.8. The molecule has 0 spiro atoms. The van der Waals surface area contributed by atoms with Crippen molar-refractivity contribution < 1.29 is 9.53 Å². The van der Waals surface area contributed by atoms with Gasteiger partial charge in [-0.1, -0.05) is 30.3 Å². The largest absolute Gasteiger partial charge is 0.462 e. The minimum absolute atomic E-state index is 0.308. The summed E-state index contributed by atoms with van der Waals surface area (Å²) >= 11 is 1.20. The summed E-state index contributed by atoms with van der Waals surface area (Å²) in [7, 11) is 0. The number of carbonyl (C=O) groups excluding carboxylic acids is 1. The summed E-state index contributed by atoms with van der Waals surface area (Å²) in [5.41, 5.74) is 8.58. The van der Waals surface area contributed by atoms with E-state index in [1.165, 1.54) is 11.3 Å². The van der Waals surface area contributed by atoms with Gasteiger partial charge in [-0.2, -0.15) is 0 Å². The molecule has 0 unspecified atom stereocenters. The van der Waals surface area contributed by atoms with Crippen molar-refractivity contribution in [3.05, 3.63) is 41.4 Å². The Morgan fingerprint density at radius 2 is 2.10 bits per heavy atom. The molecule has 106 valence electrons. The Labute approximate surface area is 125 Å². The van der Waals surface area contributed by atoms with Gasteiger partial charge in [-0.3, -0.25) is 0 Å². The minimum atomic E-state index is -0.430. The molecule has 0 aliphatic carbocycles. The van der Waals surface area contributed by atoms with Crippen molar-refractivity contribution in [2.24, 2.45) is 0 Å². The first-order chi connectivity index (χ1) is 10.2. The molecule has 0 aliphatic rings. The molecule has 1 aromatic carbocycles. The molecule has 2 heterocycles. The van der Waals surface area contributed by atoms with Crippen molar-refractivity contribution >= 4 is 33.3 Å². The van der Waals surface area contributed by atoms with Crippen molar-refractivity contribution in [3.63, 3.8) is 0 Å². The number of ether oxygens (including phenoxy) is 1. The van der Waals surface area contributed by atoms with Crippen LogP contribution < -0.4 is 5.73 Å². The van der Waals surface area contributed by atoms with Gasteiger partial charge >= 0.3 is 5.97 Å². The van der Waals surface area contributed by atoms with E-state index in [2.05, 4.69) is 9.97 Å². The lowest BCUT2D eigenvalue weighted by Crippen LogP contribution is -2.04. The molecule has 21 heavy (non-hydrogen) atoms. The Morgan fingerprint density at radius 3 is 2.81 bits per heavy atom. The lowest BCUT2D eigenvalue weighted by Gasteiger charge is -2.00. The molecule has 2 aromatic heterocycles. The van der Waals surface area contributed by atoms with Crippen LogP contribution in [0.1, 0.15) is 16.6 Å². The molecule has 0 atom stereocenters. The molecule has 2 N–H and O–H groups in total. The third kappa shape index (κ3) is 2.45. The van der Waals surface area contributed by atoms with Crippen molar-refractivity contribution in [3.8, 4) is 11.3 Å². The number of fused-ring (bicyclic) bond motifs is 1. The van der Waals surface area contributed by atoms with Gasteiger partial charge in [0.05, 0.1) is 24.2 Å². The summed E-state index contributed by atoms with van der Waals surface area (Å²) in [4.78, 5) is 21.7. The van der Waals surface area contributed by atoms with Crippen LogP contribution in [0.15, 0.2) is 36.5 Å². The van der Waals surface area contributed by atoms with Crippen LogP contribution in [0.25, 0.3) is 21.6 Å². The van der Waals surface area contributed by atoms with Gasteiger partial charge in [-0.15, -0.1) is 11.3 Å². The number of nitrogens with zero attached hydrogens (tertiary/aromatic N) is 2. The molecule has 6 heteroatoms. The van der Waals surface area contributed by atoms with Gasteiger partial charge in [0.2, 0.25) is 0 Å². The molecule has 0 amide bonds. The van der Waals surface area contributed by atoms with Crippen LogP contribution in [-0.2, 0) is 4.74 Å². The van der Waals surface area contributed by atoms with Gasteiger partial charge in [-0.25, -0.2) is 14.8 Å². The van der Waals surface area contributed by atoms with Crippen LogP contribution in [0, 0.1) is 0 Å². The molecule has 0 saturated heterocycles. The Kier molecular flexibility index (Phi) is 3.53. The SMILES string of the molecule is CCOC(=O)c1sc2ncc(-c3ccccc3)nc2c1N. The van der Waals surface area contributed by atoms with Crippen LogP contribution in [0.3, 0.4) is 0 Å². The predicted octanol–water partition coefficient (Wildman–Crippen LogP) is 3.12. The van der Waals surface area contributed by atoms with Gasteiger partial charge in [0.1, 0.15) is 15.2 Å². The summed E-state index contributed by atoms with van der Waals surface area (Å²) < 4.78 is 4.99. The van der Waals surface area contributed by atoms with E-state index in [1.54, 1.807) is 13.1 Å². The molecule has 3 aromatic rings. The normalized spacial score (nSPS) is 10.7. The van der Waals surface area contributed by atoms with E-state index in [9.17, 15) is 4.79 Å². The third-order valence-corrected chi connectivity index (χ3v) is 4.05. The Morgan fingerprint density at radius 1 is 1.33 bits per heavy atom. The van der Waals surface area contributed by atoms with Gasteiger partial charge in [0.25, 0.3) is 0 Å². The van der Waals surface area contributed by atoms with Crippen molar-refractivity contribution in [1.29, 1.82) is 0 Å². The average Bonchev–Trinajstić information content (AvgIpc) is 2.85. The minimum Gasteiger partial charge on any atom is -0.462 e. The first kappa shape index (κ1) is 13.5. The molecule has 0 aliphatic heterocycles. The summed E-state index contributed by atoms with van der Waals surface area (Å²) in [5, 5.41) is 0. The van der Waals surface area contributed by atoms with Crippen LogP contribution in [0.4, 0.5) is 5.69 Å². The van der Waals surface area contributed by atoms with Crippen LogP contribution in [0.5, 0.6) is 0 Å². The van der Waals surface area contributed by atoms with Crippen LogP contribution in [-0.4, -0.2) is 22.5 Å². The highest BCUT2D eigenvalue weighted by atomic mass is 32.1. The summed E-state index contributed by atoms with van der Waals surface area (Å²) in [6.07, 6.45) is 1.68. The fraction of sp³-hybridized carbons (Fsp3) is 0.133. The number of aromatic nitrogens is 2. The van der Waals surface area contributed by atoms with Crippen molar-refractivity contribution in [2.45, 2.75) is 6.92 Å². The van der Waals surface area contributed by atoms with E-state index in [1.807, 2.05) is 30.3 Å². The van der Waals surface area contributed by atoms with Crippen molar-refractivity contribution in [1.82, 2.24) is 9.97 Å². The highest BCUT2D eigenvalue weighted by Crippen LogP contribution is 2.32. The van der Waals surface area contributed by atoms with Crippen LogP contribution >= 0.6 is 11.3 Å². The highest BCUT2D eigenvalue weighted by molar-refractivity contribution is 7.21. The lowest BCUT2D eigenvalue weighted by molar-refractivity contribution is 0.0533. The molecule has 3 rings (SSSR count). The number of benzene rings is 1. The van der Waals surface area contributed by atoms with E-state index in [0.29, 0.717) is 27.5 Å². The monoisotopic (exact) mass is 299 g/mol. The van der Waals surface area contributed by atoms with Crippen LogP contribution in [0.2, 0.25) is 0 Å².